The predicted octanol–water partition coefficient (Wildman–Crippen LogP) is 1.82. The first-order chi connectivity index (χ1) is 14.8. The van der Waals surface area contributed by atoms with Crippen LogP contribution in [0.25, 0.3) is 0 Å². The molecular weight excluding hydrogens is 500 g/mol. The Morgan fingerprint density at radius 2 is 0.906 bits per heavy atom. The monoisotopic (exact) mass is 534 g/mol. The van der Waals surface area contributed by atoms with Crippen LogP contribution >= 0.6 is 50.5 Å². The first-order valence-electron chi connectivity index (χ1n) is 9.79. The second kappa shape index (κ2) is 19.7. The first-order valence-corrected chi connectivity index (χ1v) is 11.9. The van der Waals surface area contributed by atoms with Gasteiger partial charge in [0.2, 0.25) is 0 Å². The molecule has 0 saturated heterocycles. The molecule has 0 fully saturated rings. The molecular formula is C19H34O9S4. The summed E-state index contributed by atoms with van der Waals surface area (Å²) in [6.45, 7) is 9.02. The number of ether oxygens (including phenoxy) is 5. The molecule has 0 bridgehead atoms. The summed E-state index contributed by atoms with van der Waals surface area (Å²) in [6, 6.07) is 0. The van der Waals surface area contributed by atoms with E-state index in [0.29, 0.717) is 0 Å². The Labute approximate surface area is 211 Å². The number of hydrogen-bond donors (Lipinski definition) is 4. The molecule has 0 spiro atoms. The quantitative estimate of drug-likeness (QED) is 0.122. The van der Waals surface area contributed by atoms with Crippen LogP contribution in [-0.4, -0.2) is 84.0 Å². The Bertz CT molecular complexity index is 545. The van der Waals surface area contributed by atoms with Gasteiger partial charge in [-0.1, -0.05) is 0 Å². The van der Waals surface area contributed by atoms with E-state index in [-0.39, 0.29) is 45.0 Å². The lowest BCUT2D eigenvalue weighted by Gasteiger charge is -2.15. The van der Waals surface area contributed by atoms with E-state index in [0.717, 1.165) is 0 Å². The molecule has 9 nitrogen and oxygen atoms in total. The van der Waals surface area contributed by atoms with Crippen LogP contribution in [0.1, 0.15) is 34.6 Å². The lowest BCUT2D eigenvalue weighted by atomic mass is 10.4. The van der Waals surface area contributed by atoms with Crippen molar-refractivity contribution in [3.8, 4) is 0 Å². The van der Waals surface area contributed by atoms with Crippen molar-refractivity contribution >= 4 is 74.4 Å². The van der Waals surface area contributed by atoms with E-state index in [4.69, 9.17) is 23.7 Å². The molecule has 0 aromatic rings. The fourth-order valence-corrected chi connectivity index (χ4v) is 1.68. The highest BCUT2D eigenvalue weighted by atomic mass is 32.1. The maximum atomic E-state index is 11.1. The van der Waals surface area contributed by atoms with Crippen LogP contribution in [0, 0.1) is 0 Å². The molecule has 5 unspecified atom stereocenters. The number of carbonyl (C=O) groups is 4. The summed E-state index contributed by atoms with van der Waals surface area (Å²) in [5.41, 5.74) is 0. The van der Waals surface area contributed by atoms with E-state index in [1.54, 1.807) is 34.6 Å². The summed E-state index contributed by atoms with van der Waals surface area (Å²) in [4.78, 5) is 44.0. The summed E-state index contributed by atoms with van der Waals surface area (Å²) >= 11 is 15.6. The van der Waals surface area contributed by atoms with E-state index in [1.165, 1.54) is 0 Å². The zero-order valence-electron chi connectivity index (χ0n) is 18.9. The molecule has 188 valence electrons. The van der Waals surface area contributed by atoms with Gasteiger partial charge in [-0.3, -0.25) is 19.2 Å². The van der Waals surface area contributed by atoms with Crippen molar-refractivity contribution in [2.45, 2.75) is 61.7 Å². The van der Waals surface area contributed by atoms with Gasteiger partial charge >= 0.3 is 23.9 Å². The SMILES string of the molecule is CC(COC(=O)C(C)S)OC(=O)C(C)S.CC(S)C(=O)OCCOCCOC(=O)C(C)S. The Hall–Kier alpha value is -0.760. The van der Waals surface area contributed by atoms with Gasteiger partial charge in [-0.15, -0.1) is 0 Å². The summed E-state index contributed by atoms with van der Waals surface area (Å²) < 4.78 is 24.5. The fraction of sp³-hybridized carbons (Fsp3) is 0.789. The molecule has 5 atom stereocenters. The smallest absolute Gasteiger partial charge is 0.318 e. The molecule has 0 N–H and O–H groups in total. The number of esters is 4. The van der Waals surface area contributed by atoms with Crippen molar-refractivity contribution in [3.63, 3.8) is 0 Å². The van der Waals surface area contributed by atoms with Gasteiger partial charge in [-0.05, 0) is 34.6 Å². The van der Waals surface area contributed by atoms with Crippen molar-refractivity contribution < 1.29 is 42.9 Å². The highest BCUT2D eigenvalue weighted by Gasteiger charge is 2.16. The number of carbonyl (C=O) groups excluding carboxylic acids is 4. The topological polar surface area (TPSA) is 114 Å². The molecule has 0 heterocycles. The first kappa shape index (κ1) is 33.4. The molecule has 13 heteroatoms. The largest absolute Gasteiger partial charge is 0.462 e. The molecule has 0 aliphatic carbocycles. The molecule has 0 aromatic carbocycles. The Morgan fingerprint density at radius 1 is 0.562 bits per heavy atom. The minimum absolute atomic E-state index is 0.0377. The van der Waals surface area contributed by atoms with Gasteiger partial charge in [-0.2, -0.15) is 50.5 Å². The zero-order valence-corrected chi connectivity index (χ0v) is 22.5. The maximum absolute atomic E-state index is 11.1. The molecule has 0 saturated carbocycles. The molecule has 0 aliphatic rings. The highest BCUT2D eigenvalue weighted by Crippen LogP contribution is 2.03. The van der Waals surface area contributed by atoms with Crippen molar-refractivity contribution in [2.75, 3.05) is 33.0 Å². The van der Waals surface area contributed by atoms with Gasteiger partial charge in [-0.25, -0.2) is 0 Å². The van der Waals surface area contributed by atoms with E-state index < -0.39 is 39.0 Å². The number of thiol groups is 4. The molecule has 0 aliphatic heterocycles. The van der Waals surface area contributed by atoms with Gasteiger partial charge < -0.3 is 23.7 Å². The second-order valence-corrected chi connectivity index (χ2v) is 9.63. The molecule has 0 amide bonds. The van der Waals surface area contributed by atoms with Crippen LogP contribution in [0.3, 0.4) is 0 Å². The number of hydrogen-bond acceptors (Lipinski definition) is 13. The highest BCUT2D eigenvalue weighted by molar-refractivity contribution is 7.82. The van der Waals surface area contributed by atoms with E-state index in [2.05, 4.69) is 50.5 Å². The average Bonchev–Trinajstić information content (AvgIpc) is 2.70. The van der Waals surface area contributed by atoms with Gasteiger partial charge in [0.15, 0.2) is 0 Å². The minimum atomic E-state index is -0.480. The third kappa shape index (κ3) is 19.9. The lowest BCUT2D eigenvalue weighted by Crippen LogP contribution is -2.27. The predicted molar refractivity (Wildman–Crippen MR) is 133 cm³/mol. The van der Waals surface area contributed by atoms with E-state index in [1.807, 2.05) is 0 Å². The van der Waals surface area contributed by atoms with Crippen LogP contribution < -0.4 is 0 Å². The van der Waals surface area contributed by atoms with E-state index in [9.17, 15) is 19.2 Å². The second-order valence-electron chi connectivity index (χ2n) is 6.53. The molecule has 0 rings (SSSR count). The van der Waals surface area contributed by atoms with Crippen LogP contribution in [-0.2, 0) is 42.9 Å². The van der Waals surface area contributed by atoms with Gasteiger partial charge in [0.05, 0.1) is 34.2 Å². The summed E-state index contributed by atoms with van der Waals surface area (Å²) in [6.07, 6.45) is -0.469. The average molecular weight is 535 g/mol. The fourth-order valence-electron chi connectivity index (χ4n) is 1.40. The molecule has 32 heavy (non-hydrogen) atoms. The Balaban J connectivity index is 0. The zero-order chi connectivity index (χ0) is 25.3. The van der Waals surface area contributed by atoms with Gasteiger partial charge in [0.1, 0.15) is 25.9 Å². The van der Waals surface area contributed by atoms with Gasteiger partial charge in [0.25, 0.3) is 0 Å². The summed E-state index contributed by atoms with van der Waals surface area (Å²) in [5.74, 6) is -1.62. The van der Waals surface area contributed by atoms with Crippen molar-refractivity contribution in [1.29, 1.82) is 0 Å². The van der Waals surface area contributed by atoms with Crippen molar-refractivity contribution in [1.82, 2.24) is 0 Å². The van der Waals surface area contributed by atoms with Crippen LogP contribution in [0.5, 0.6) is 0 Å². The normalized spacial score (nSPS) is 15.0. The van der Waals surface area contributed by atoms with Crippen molar-refractivity contribution in [2.24, 2.45) is 0 Å². The lowest BCUT2D eigenvalue weighted by molar-refractivity contribution is -0.156. The van der Waals surface area contributed by atoms with Crippen molar-refractivity contribution in [3.05, 3.63) is 0 Å². The third-order valence-electron chi connectivity index (χ3n) is 3.09. The minimum Gasteiger partial charge on any atom is -0.462 e. The molecule has 0 radical (unpaired) electrons. The number of rotatable bonds is 13. The Morgan fingerprint density at radius 3 is 1.25 bits per heavy atom. The van der Waals surface area contributed by atoms with Crippen LogP contribution in [0.4, 0.5) is 0 Å². The van der Waals surface area contributed by atoms with Gasteiger partial charge in [0, 0.05) is 0 Å². The van der Waals surface area contributed by atoms with Crippen LogP contribution in [0.2, 0.25) is 0 Å². The summed E-state index contributed by atoms with van der Waals surface area (Å²) in [5, 5.41) is -1.83. The summed E-state index contributed by atoms with van der Waals surface area (Å²) in [7, 11) is 0. The van der Waals surface area contributed by atoms with E-state index >= 15 is 0 Å². The van der Waals surface area contributed by atoms with Crippen LogP contribution in [0.15, 0.2) is 0 Å². The third-order valence-corrected chi connectivity index (χ3v) is 3.93. The standard InChI is InChI=1S/C10H18O5S2.C9H16O4S2/c1-7(16)9(11)14-5-3-13-4-6-15-10(12)8(2)17;1-5(13-9(11)7(3)15)4-12-8(10)6(2)14/h7-8,16-17H,3-6H2,1-2H3;5-7,14-15H,4H2,1-3H3. The maximum Gasteiger partial charge on any atom is 0.318 e. The Kier molecular flexibility index (Phi) is 20.6. The molecule has 0 aromatic heterocycles.